The fourth-order valence-electron chi connectivity index (χ4n) is 5.47. The number of benzene rings is 2. The fraction of sp³-hybridized carbons (Fsp3) is 0.452. The fourth-order valence-corrected chi connectivity index (χ4v) is 5.59. The van der Waals surface area contributed by atoms with Crippen molar-refractivity contribution in [1.29, 1.82) is 0 Å². The molecule has 2 aromatic carbocycles. The van der Waals surface area contributed by atoms with E-state index in [-0.39, 0.29) is 30.7 Å². The molecule has 1 aliphatic rings. The summed E-state index contributed by atoms with van der Waals surface area (Å²) in [6.45, 7) is 3.93. The van der Waals surface area contributed by atoms with Gasteiger partial charge in [0.15, 0.2) is 11.5 Å². The topological polar surface area (TPSA) is 103 Å². The summed E-state index contributed by atoms with van der Waals surface area (Å²) in [4.78, 5) is 38.2. The van der Waals surface area contributed by atoms with Crippen LogP contribution in [-0.2, 0) is 24.9 Å². The zero-order chi connectivity index (χ0) is 29.5. The predicted octanol–water partition coefficient (Wildman–Crippen LogP) is 4.74. The van der Waals surface area contributed by atoms with Crippen LogP contribution in [0.2, 0.25) is 5.02 Å². The minimum atomic E-state index is -0.692. The molecule has 0 amide bonds. The molecule has 0 bridgehead atoms. The van der Waals surface area contributed by atoms with Gasteiger partial charge in [0.25, 0.3) is 5.56 Å². The van der Waals surface area contributed by atoms with Gasteiger partial charge in [-0.05, 0) is 73.9 Å². The molecule has 0 unspecified atom stereocenters. The molecule has 1 aromatic heterocycles. The summed E-state index contributed by atoms with van der Waals surface area (Å²) in [5.41, 5.74) is 1.44. The molecule has 0 radical (unpaired) electrons. The molecule has 0 saturated heterocycles. The summed E-state index contributed by atoms with van der Waals surface area (Å²) < 4.78 is 14.0. The van der Waals surface area contributed by atoms with Crippen LogP contribution in [0, 0.1) is 11.8 Å². The number of halogens is 1. The van der Waals surface area contributed by atoms with Gasteiger partial charge in [0.05, 0.1) is 19.6 Å². The van der Waals surface area contributed by atoms with Crippen molar-refractivity contribution < 1.29 is 19.4 Å². The van der Waals surface area contributed by atoms with Crippen LogP contribution in [0.15, 0.2) is 64.3 Å². The van der Waals surface area contributed by atoms with Gasteiger partial charge in [-0.2, -0.15) is 0 Å². The second-order valence-corrected chi connectivity index (χ2v) is 11.2. The lowest BCUT2D eigenvalue weighted by atomic mass is 9.81. The summed E-state index contributed by atoms with van der Waals surface area (Å²) >= 11 is 6.14. The van der Waals surface area contributed by atoms with Crippen molar-refractivity contribution in [1.82, 2.24) is 14.0 Å². The highest BCUT2D eigenvalue weighted by Gasteiger charge is 2.28. The molecule has 0 aliphatic heterocycles. The van der Waals surface area contributed by atoms with Crippen LogP contribution in [0.5, 0.6) is 11.5 Å². The maximum atomic E-state index is 12.3. The van der Waals surface area contributed by atoms with Gasteiger partial charge in [0, 0.05) is 43.5 Å². The summed E-state index contributed by atoms with van der Waals surface area (Å²) in [5.74, 6) is 0.577. The minimum Gasteiger partial charge on any atom is -0.493 e. The summed E-state index contributed by atoms with van der Waals surface area (Å²) in [5, 5.41) is 10.1. The van der Waals surface area contributed by atoms with Crippen LogP contribution in [0.3, 0.4) is 0 Å². The van der Waals surface area contributed by atoms with Gasteiger partial charge in [0.2, 0.25) is 0 Å². The molecule has 9 nitrogen and oxygen atoms in total. The first-order valence-corrected chi connectivity index (χ1v) is 14.3. The Morgan fingerprint density at radius 1 is 1.07 bits per heavy atom. The van der Waals surface area contributed by atoms with Gasteiger partial charge in [-0.15, -0.1) is 0 Å². The average Bonchev–Trinajstić information content (AvgIpc) is 2.97. The predicted molar refractivity (Wildman–Crippen MR) is 158 cm³/mol. The molecule has 3 aromatic rings. The Labute approximate surface area is 244 Å². The molecule has 1 saturated carbocycles. The van der Waals surface area contributed by atoms with Crippen molar-refractivity contribution in [3.63, 3.8) is 0 Å². The number of aliphatic carboxylic acids is 1. The summed E-state index contributed by atoms with van der Waals surface area (Å²) in [6, 6.07) is 15.2. The number of carboxylic acid groups (broad SMARTS) is 1. The highest BCUT2D eigenvalue weighted by Crippen LogP contribution is 2.34. The Kier molecular flexibility index (Phi) is 10.3. The smallest absolute Gasteiger partial charge is 0.330 e. The van der Waals surface area contributed by atoms with E-state index in [9.17, 15) is 19.5 Å². The van der Waals surface area contributed by atoms with E-state index in [1.165, 1.54) is 16.8 Å². The van der Waals surface area contributed by atoms with Crippen LogP contribution in [0.25, 0.3) is 0 Å². The summed E-state index contributed by atoms with van der Waals surface area (Å²) in [7, 11) is 3.18. The van der Waals surface area contributed by atoms with Crippen LogP contribution < -0.4 is 20.7 Å². The molecule has 10 heteroatoms. The van der Waals surface area contributed by atoms with Crippen molar-refractivity contribution in [2.45, 2.75) is 51.7 Å². The molecular formula is C31H38ClN3O6. The Morgan fingerprint density at radius 3 is 2.44 bits per heavy atom. The number of aryl methyl sites for hydroxylation is 1. The first-order chi connectivity index (χ1) is 19.7. The maximum absolute atomic E-state index is 12.3. The molecule has 1 heterocycles. The number of aromatic nitrogens is 2. The zero-order valence-electron chi connectivity index (χ0n) is 23.8. The molecule has 1 fully saturated rings. The first-order valence-electron chi connectivity index (χ1n) is 13.9. The molecular weight excluding hydrogens is 546 g/mol. The number of hydrogen-bond acceptors (Lipinski definition) is 6. The lowest BCUT2D eigenvalue weighted by Gasteiger charge is -2.35. The van der Waals surface area contributed by atoms with Gasteiger partial charge in [0.1, 0.15) is 6.61 Å². The van der Waals surface area contributed by atoms with E-state index < -0.39 is 11.7 Å². The number of methoxy groups -OCH3 is 1. The van der Waals surface area contributed by atoms with Crippen molar-refractivity contribution in [3.05, 3.63) is 91.7 Å². The molecule has 41 heavy (non-hydrogen) atoms. The molecule has 220 valence electrons. The second kappa shape index (κ2) is 13.9. The number of hydrogen-bond donors (Lipinski definition) is 1. The Bertz CT molecular complexity index is 1440. The van der Waals surface area contributed by atoms with Crippen molar-refractivity contribution in [3.8, 4) is 11.5 Å². The van der Waals surface area contributed by atoms with E-state index >= 15 is 0 Å². The number of carboxylic acids is 1. The average molecular weight is 584 g/mol. The summed E-state index contributed by atoms with van der Waals surface area (Å²) in [6.07, 6.45) is 4.66. The Morgan fingerprint density at radius 2 is 1.78 bits per heavy atom. The van der Waals surface area contributed by atoms with E-state index in [1.54, 1.807) is 14.2 Å². The van der Waals surface area contributed by atoms with E-state index in [4.69, 9.17) is 21.1 Å². The zero-order valence-corrected chi connectivity index (χ0v) is 24.5. The van der Waals surface area contributed by atoms with Crippen molar-refractivity contribution >= 4 is 17.6 Å². The van der Waals surface area contributed by atoms with E-state index in [2.05, 4.69) is 11.8 Å². The number of nitrogens with zero attached hydrogens (tertiary/aromatic N) is 3. The first kappa shape index (κ1) is 30.4. The van der Waals surface area contributed by atoms with E-state index in [0.717, 1.165) is 35.1 Å². The minimum absolute atomic E-state index is 0.109. The largest absolute Gasteiger partial charge is 0.493 e. The quantitative estimate of drug-likeness (QED) is 0.328. The molecule has 1 aliphatic carbocycles. The second-order valence-electron chi connectivity index (χ2n) is 10.7. The van der Waals surface area contributed by atoms with Gasteiger partial charge in [-0.25, -0.2) is 4.79 Å². The molecule has 1 atom stereocenters. The third-order valence-electron chi connectivity index (χ3n) is 8.01. The maximum Gasteiger partial charge on any atom is 0.330 e. The number of carbonyl (C=O) groups is 1. The van der Waals surface area contributed by atoms with Crippen LogP contribution >= 0.6 is 11.6 Å². The third kappa shape index (κ3) is 7.80. The van der Waals surface area contributed by atoms with E-state index in [1.807, 2.05) is 42.5 Å². The van der Waals surface area contributed by atoms with Crippen LogP contribution in [0.1, 0.15) is 49.8 Å². The molecule has 0 spiro atoms. The van der Waals surface area contributed by atoms with Crippen molar-refractivity contribution in [2.75, 3.05) is 20.3 Å². The Balaban J connectivity index is 1.48. The van der Waals surface area contributed by atoms with Gasteiger partial charge >= 0.3 is 11.7 Å². The highest BCUT2D eigenvalue weighted by atomic mass is 35.5. The van der Waals surface area contributed by atoms with Gasteiger partial charge in [-0.1, -0.05) is 29.8 Å². The SMILES string of the molecule is COc1cc(CN(CC2CCC(C(=O)O)CC2)[C@@H](C)c2ccc(Cl)cc2)ccc1OCCn1c(=O)ccn(C)c1=O. The van der Waals surface area contributed by atoms with E-state index in [0.29, 0.717) is 41.8 Å². The third-order valence-corrected chi connectivity index (χ3v) is 8.27. The normalized spacial score (nSPS) is 17.8. The molecule has 1 N–H and O–H groups in total. The Hall–Kier alpha value is -3.56. The molecule has 4 rings (SSSR count). The highest BCUT2D eigenvalue weighted by molar-refractivity contribution is 6.30. The standard InChI is InChI=1S/C31H38ClN3O6/c1-21(24-9-11-26(32)12-10-24)34(19-22-4-7-25(8-5-22)30(37)38)20-23-6-13-27(28(18-23)40-3)41-17-16-35-29(36)14-15-33(2)31(35)39/h6,9-15,18,21-22,25H,4-5,7-8,16-17,19-20H2,1-3H3,(H,37,38)/t21-,22?,25?/m0/s1. The number of rotatable bonds is 12. The van der Waals surface area contributed by atoms with Crippen molar-refractivity contribution in [2.24, 2.45) is 18.9 Å². The number of ether oxygens (including phenoxy) is 2. The van der Waals surface area contributed by atoms with Crippen LogP contribution in [-0.4, -0.2) is 45.4 Å². The van der Waals surface area contributed by atoms with Gasteiger partial charge in [-0.3, -0.25) is 19.1 Å². The lowest BCUT2D eigenvalue weighted by molar-refractivity contribution is -0.143. The monoisotopic (exact) mass is 583 g/mol. The van der Waals surface area contributed by atoms with Gasteiger partial charge < -0.3 is 19.1 Å². The van der Waals surface area contributed by atoms with Crippen LogP contribution in [0.4, 0.5) is 0 Å². The lowest BCUT2D eigenvalue weighted by Crippen LogP contribution is -2.39.